The van der Waals surface area contributed by atoms with Crippen molar-refractivity contribution in [2.45, 2.75) is 79.5 Å². The predicted molar refractivity (Wildman–Crippen MR) is 101 cm³/mol. The fourth-order valence-electron chi connectivity index (χ4n) is 5.55. The minimum Gasteiger partial charge on any atom is -0.357 e. The van der Waals surface area contributed by atoms with Gasteiger partial charge in [0.2, 0.25) is 11.0 Å². The number of carbonyl (C=O) groups excluding carboxylic acids is 1. The molecule has 0 saturated heterocycles. The molecule has 5 aliphatic carbocycles. The van der Waals surface area contributed by atoms with E-state index in [1.54, 1.807) is 23.1 Å². The molecule has 7 heteroatoms. The highest BCUT2D eigenvalue weighted by molar-refractivity contribution is 8.02. The number of amides is 1. The topological polar surface area (TPSA) is 66.9 Å². The Hall–Kier alpha value is -0.820. The number of aromatic nitrogens is 2. The molecule has 6 rings (SSSR count). The van der Waals surface area contributed by atoms with Crippen LogP contribution >= 0.6 is 23.1 Å². The number of hydrogen-bond donors (Lipinski definition) is 2. The number of thioether (sulfide) groups is 1. The Morgan fingerprint density at radius 2 is 1.80 bits per heavy atom. The third-order valence-corrected chi connectivity index (χ3v) is 8.42. The van der Waals surface area contributed by atoms with Crippen molar-refractivity contribution >= 4 is 34.1 Å². The van der Waals surface area contributed by atoms with Crippen LogP contribution in [0.5, 0.6) is 0 Å². The normalized spacial score (nSPS) is 37.1. The molecule has 0 spiro atoms. The molecule has 1 unspecified atom stereocenters. The Morgan fingerprint density at radius 3 is 2.40 bits per heavy atom. The van der Waals surface area contributed by atoms with Gasteiger partial charge in [0.05, 0.1) is 5.25 Å². The second kappa shape index (κ2) is 6.12. The summed E-state index contributed by atoms with van der Waals surface area (Å²) >= 11 is 3.11. The molecule has 5 fully saturated rings. The largest absolute Gasteiger partial charge is 0.357 e. The molecule has 2 N–H and O–H groups in total. The lowest BCUT2D eigenvalue weighted by atomic mass is 9.53. The molecular formula is C18H26N4OS2. The van der Waals surface area contributed by atoms with E-state index >= 15 is 0 Å². The van der Waals surface area contributed by atoms with E-state index in [0.29, 0.717) is 6.04 Å². The zero-order valence-electron chi connectivity index (χ0n) is 14.7. The van der Waals surface area contributed by atoms with Gasteiger partial charge in [0.1, 0.15) is 0 Å². The van der Waals surface area contributed by atoms with Gasteiger partial charge >= 0.3 is 0 Å². The van der Waals surface area contributed by atoms with Crippen molar-refractivity contribution in [1.82, 2.24) is 15.5 Å². The van der Waals surface area contributed by atoms with E-state index in [1.165, 1.54) is 51.4 Å². The molecule has 1 aromatic rings. The molecule has 1 aromatic heterocycles. The van der Waals surface area contributed by atoms with Crippen LogP contribution in [0.4, 0.5) is 5.13 Å². The molecule has 5 nitrogen and oxygen atoms in total. The molecule has 25 heavy (non-hydrogen) atoms. The number of hydrogen-bond acceptors (Lipinski definition) is 6. The minimum absolute atomic E-state index is 0.0977. The maximum Gasteiger partial charge on any atom is 0.233 e. The molecule has 5 aliphatic rings. The molecule has 5 saturated carbocycles. The first-order chi connectivity index (χ1) is 12.1. The average molecular weight is 379 g/mol. The van der Waals surface area contributed by atoms with Gasteiger partial charge in [-0.25, -0.2) is 0 Å². The number of rotatable bonds is 6. The van der Waals surface area contributed by atoms with Crippen molar-refractivity contribution in [3.8, 4) is 0 Å². The van der Waals surface area contributed by atoms with Crippen molar-refractivity contribution in [2.24, 2.45) is 17.8 Å². The van der Waals surface area contributed by atoms with Gasteiger partial charge in [-0.15, -0.1) is 10.2 Å². The van der Waals surface area contributed by atoms with Crippen molar-refractivity contribution in [2.75, 3.05) is 5.32 Å². The highest BCUT2D eigenvalue weighted by atomic mass is 32.2. The number of nitrogens with zero attached hydrogens (tertiary/aromatic N) is 2. The summed E-state index contributed by atoms with van der Waals surface area (Å²) in [6.45, 7) is 2.00. The first-order valence-corrected chi connectivity index (χ1v) is 11.4. The molecule has 1 heterocycles. The van der Waals surface area contributed by atoms with Crippen LogP contribution in [0.2, 0.25) is 0 Å². The number of carbonyl (C=O) groups is 1. The van der Waals surface area contributed by atoms with Crippen LogP contribution in [0.15, 0.2) is 4.34 Å². The van der Waals surface area contributed by atoms with Gasteiger partial charge in [-0.05, 0) is 76.0 Å². The van der Waals surface area contributed by atoms with E-state index in [0.717, 1.165) is 27.2 Å². The molecule has 1 atom stereocenters. The minimum atomic E-state index is -0.116. The van der Waals surface area contributed by atoms with Crippen LogP contribution in [0, 0.1) is 17.8 Å². The standard InChI is InChI=1S/C18H26N4OS2/c1-10(24-17-22-21-16(25-17)19-14-2-3-14)15(23)20-18-7-11-4-12(8-18)6-13(5-11)9-18/h10-14H,2-9H2,1H3,(H,19,21)(H,20,23). The lowest BCUT2D eigenvalue weighted by Crippen LogP contribution is -2.60. The van der Waals surface area contributed by atoms with Crippen LogP contribution in [0.25, 0.3) is 0 Å². The summed E-state index contributed by atoms with van der Waals surface area (Å²) in [7, 11) is 0. The molecule has 0 aromatic carbocycles. The van der Waals surface area contributed by atoms with Crippen LogP contribution in [0.3, 0.4) is 0 Å². The van der Waals surface area contributed by atoms with Crippen LogP contribution in [-0.4, -0.2) is 32.9 Å². The SMILES string of the molecule is CC(Sc1nnc(NC2CC2)s1)C(=O)NC12CC3CC(CC(C3)C1)C2. The second-order valence-corrected chi connectivity index (χ2v) is 11.3. The highest BCUT2D eigenvalue weighted by Crippen LogP contribution is 2.55. The van der Waals surface area contributed by atoms with E-state index in [2.05, 4.69) is 20.8 Å². The summed E-state index contributed by atoms with van der Waals surface area (Å²) in [4.78, 5) is 12.8. The van der Waals surface area contributed by atoms with Crippen molar-refractivity contribution < 1.29 is 4.79 Å². The Kier molecular flexibility index (Phi) is 4.00. The van der Waals surface area contributed by atoms with Gasteiger partial charge in [-0.1, -0.05) is 23.1 Å². The van der Waals surface area contributed by atoms with Crippen molar-refractivity contribution in [3.63, 3.8) is 0 Å². The number of anilines is 1. The van der Waals surface area contributed by atoms with Crippen LogP contribution < -0.4 is 10.6 Å². The number of nitrogens with one attached hydrogen (secondary N) is 2. The lowest BCUT2D eigenvalue weighted by Gasteiger charge is -2.57. The molecular weight excluding hydrogens is 352 g/mol. The first kappa shape index (κ1) is 16.4. The third-order valence-electron chi connectivity index (χ3n) is 6.38. The highest BCUT2D eigenvalue weighted by Gasteiger charge is 2.51. The quantitative estimate of drug-likeness (QED) is 0.739. The molecule has 136 valence electrons. The summed E-state index contributed by atoms with van der Waals surface area (Å²) in [5.74, 6) is 2.75. The summed E-state index contributed by atoms with van der Waals surface area (Å²) in [6.07, 6.45) is 10.3. The van der Waals surface area contributed by atoms with Gasteiger partial charge in [-0.3, -0.25) is 4.79 Å². The monoisotopic (exact) mass is 378 g/mol. The van der Waals surface area contributed by atoms with Gasteiger partial charge in [-0.2, -0.15) is 0 Å². The predicted octanol–water partition coefficient (Wildman–Crippen LogP) is 3.68. The van der Waals surface area contributed by atoms with E-state index in [9.17, 15) is 4.79 Å². The third kappa shape index (κ3) is 3.42. The fraction of sp³-hybridized carbons (Fsp3) is 0.833. The van der Waals surface area contributed by atoms with Crippen LogP contribution in [-0.2, 0) is 4.79 Å². The molecule has 0 aliphatic heterocycles. The van der Waals surface area contributed by atoms with Gasteiger partial charge in [0, 0.05) is 11.6 Å². The molecule has 1 amide bonds. The zero-order valence-corrected chi connectivity index (χ0v) is 16.3. The summed E-state index contributed by atoms with van der Waals surface area (Å²) in [6, 6.07) is 0.586. The Balaban J connectivity index is 1.20. The lowest BCUT2D eigenvalue weighted by molar-refractivity contribution is -0.126. The zero-order chi connectivity index (χ0) is 17.0. The first-order valence-electron chi connectivity index (χ1n) is 9.66. The van der Waals surface area contributed by atoms with Crippen molar-refractivity contribution in [3.05, 3.63) is 0 Å². The molecule has 0 radical (unpaired) electrons. The van der Waals surface area contributed by atoms with Gasteiger partial charge in [0.15, 0.2) is 4.34 Å². The maximum atomic E-state index is 12.8. The Bertz CT molecular complexity index is 637. The maximum absolute atomic E-state index is 12.8. The van der Waals surface area contributed by atoms with Gasteiger partial charge in [0.25, 0.3) is 0 Å². The smallest absolute Gasteiger partial charge is 0.233 e. The van der Waals surface area contributed by atoms with E-state index in [-0.39, 0.29) is 16.7 Å². The Labute approximate surface area is 157 Å². The van der Waals surface area contributed by atoms with Crippen LogP contribution in [0.1, 0.15) is 58.3 Å². The van der Waals surface area contributed by atoms with Crippen molar-refractivity contribution in [1.29, 1.82) is 0 Å². The Morgan fingerprint density at radius 1 is 1.16 bits per heavy atom. The summed E-state index contributed by atoms with van der Waals surface area (Å²) in [5.41, 5.74) is 0.0977. The molecule has 4 bridgehead atoms. The van der Waals surface area contributed by atoms with E-state index in [1.807, 2.05) is 6.92 Å². The van der Waals surface area contributed by atoms with Gasteiger partial charge < -0.3 is 10.6 Å². The van der Waals surface area contributed by atoms with E-state index in [4.69, 9.17) is 0 Å². The summed E-state index contributed by atoms with van der Waals surface area (Å²) < 4.78 is 0.885. The summed E-state index contributed by atoms with van der Waals surface area (Å²) in [5, 5.41) is 16.0. The second-order valence-electron chi connectivity index (χ2n) is 8.74. The fourth-order valence-corrected chi connectivity index (χ4v) is 7.52. The van der Waals surface area contributed by atoms with E-state index < -0.39 is 0 Å². The average Bonchev–Trinajstić information content (AvgIpc) is 3.24.